The summed E-state index contributed by atoms with van der Waals surface area (Å²) in [5.74, 6) is -10.5. The van der Waals surface area contributed by atoms with Gasteiger partial charge in [-0.05, 0) is 99.7 Å². The van der Waals surface area contributed by atoms with E-state index >= 15 is 0 Å². The summed E-state index contributed by atoms with van der Waals surface area (Å²) in [7, 11) is 1.70. The monoisotopic (exact) mass is 1450 g/mol. The van der Waals surface area contributed by atoms with Crippen LogP contribution in [0.2, 0.25) is 0 Å². The summed E-state index contributed by atoms with van der Waals surface area (Å²) >= 11 is -3.37. The number of aliphatic hydroxyl groups excluding tert-OH is 8. The number of benzene rings is 3. The molecular weight excluding hydrogens is 1360 g/mol. The maximum Gasteiger partial charge on any atom is 0.266 e. The number of fused-ring (bicyclic) bond motifs is 3. The van der Waals surface area contributed by atoms with E-state index in [2.05, 4.69) is 53.1 Å². The van der Waals surface area contributed by atoms with Crippen LogP contribution >= 0.6 is 22.5 Å². The molecule has 0 radical (unpaired) electrons. The normalized spacial score (nSPS) is 25.2. The van der Waals surface area contributed by atoms with E-state index in [9.17, 15) is 93.2 Å². The minimum absolute atomic E-state index is 0.000333. The second-order valence-electron chi connectivity index (χ2n) is 25.8. The van der Waals surface area contributed by atoms with Crippen LogP contribution in [-0.4, -0.2) is 283 Å². The van der Waals surface area contributed by atoms with Gasteiger partial charge in [0.15, 0.2) is 11.5 Å². The van der Waals surface area contributed by atoms with Crippen molar-refractivity contribution < 1.29 is 107 Å². The number of imidazole rings is 1. The standard InChI is InChI=1S/C65H90N12O22S2/c1-34-29-76-55(56(34)86)61(91)67-28-42(81)26-45(68-57(87)38-9-7-37(8-10-38)46-31-77-65(69-46)100-62(73-77)39-11-13-41(14-12-39)74-20-17-44(18-21-74)98-23-5-4-22-97-3)58(88)70-52(35(2)80)63(92)75-30-43(82)27-47(75)59(89)71-53(50(85)24-36-6-15-48(83)51(25-36)99-101(94,95)96)60(90)72-54(64(76)93)49(84)16-19-66-40(32-78)33-79/h6-15,25,31,34-35,40,42-45,47,49-50,52-56,66,78-86,94-96H,4-5,16-24,26-30,32-33H2,1-3H3,(H,67,91)(H,68,87)(H,70,88)(H,71,89)(H,72,90)/t34-,35+,42+,43+,45?,47-,49+,50+,52-,53-,54-,55-,56-/m0/s1. The molecular formula is C65H90N12O22S2. The molecule has 0 bridgehead atoms. The van der Waals surface area contributed by atoms with Gasteiger partial charge in [0.05, 0.1) is 73.9 Å². The van der Waals surface area contributed by atoms with Crippen LogP contribution in [0.3, 0.4) is 0 Å². The van der Waals surface area contributed by atoms with E-state index in [1.165, 1.54) is 36.5 Å². The van der Waals surface area contributed by atoms with Gasteiger partial charge in [-0.25, -0.2) is 9.50 Å². The molecule has 4 aliphatic rings. The molecule has 6 heterocycles. The molecule has 9 rings (SSSR count). The molecule has 0 saturated carbocycles. The van der Waals surface area contributed by atoms with Crippen LogP contribution in [0.5, 0.6) is 11.5 Å². The number of methoxy groups -OCH3 is 1. The Morgan fingerprint density at radius 1 is 0.772 bits per heavy atom. The zero-order valence-electron chi connectivity index (χ0n) is 55.8. The fourth-order valence-corrected chi connectivity index (χ4v) is 13.9. The number of nitrogens with zero attached hydrogens (tertiary/aromatic N) is 6. The van der Waals surface area contributed by atoms with E-state index in [-0.39, 0.29) is 23.8 Å². The molecule has 1 unspecified atom stereocenters. The van der Waals surface area contributed by atoms with Crippen molar-refractivity contribution in [3.63, 3.8) is 0 Å². The number of rotatable bonds is 24. The smallest absolute Gasteiger partial charge is 0.266 e. The molecule has 4 aliphatic heterocycles. The molecule has 7 amide bonds. The maximum absolute atomic E-state index is 15.0. The molecule has 4 saturated heterocycles. The van der Waals surface area contributed by atoms with Gasteiger partial charge in [0, 0.05) is 101 Å². The zero-order chi connectivity index (χ0) is 73.0. The molecule has 34 nitrogen and oxygen atoms in total. The van der Waals surface area contributed by atoms with Gasteiger partial charge in [0.25, 0.3) is 17.1 Å². The van der Waals surface area contributed by atoms with Gasteiger partial charge in [0.2, 0.25) is 40.4 Å². The van der Waals surface area contributed by atoms with Crippen LogP contribution in [-0.2, 0) is 44.7 Å². The van der Waals surface area contributed by atoms with E-state index < -0.39 is 207 Å². The van der Waals surface area contributed by atoms with Crippen molar-refractivity contribution in [2.24, 2.45) is 5.92 Å². The second-order valence-corrected chi connectivity index (χ2v) is 27.9. The van der Waals surface area contributed by atoms with E-state index in [4.69, 9.17) is 19.6 Å². The predicted molar refractivity (Wildman–Crippen MR) is 364 cm³/mol. The third kappa shape index (κ3) is 19.9. The summed E-state index contributed by atoms with van der Waals surface area (Å²) < 4.78 is 46.3. The number of ether oxygens (including phenoxy) is 2. The van der Waals surface area contributed by atoms with Gasteiger partial charge in [-0.15, -0.1) is 0 Å². The first-order chi connectivity index (χ1) is 48.1. The Morgan fingerprint density at radius 3 is 2.10 bits per heavy atom. The van der Waals surface area contributed by atoms with Crippen LogP contribution in [0.25, 0.3) is 26.8 Å². The Balaban J connectivity index is 0.957. The summed E-state index contributed by atoms with van der Waals surface area (Å²) in [5, 5.41) is 119. The second kappa shape index (κ2) is 34.9. The van der Waals surface area contributed by atoms with Crippen molar-refractivity contribution in [1.82, 2.24) is 56.3 Å². The SMILES string of the molecule is COCCCCOC1CCN(c2ccc(-c3nn4cc(-c5ccc(C(=O)NC6C[C@@H](O)CNC(=O)[C@@H]7[C@@H](O)[C@@H](C)CN7C(=O)[C@H]([C@H](O)CCNC(CO)CO)NC(=O)[C@H]([C@H](O)Cc7ccc(O)c(OS(O)(O)O)c7)NC(=O)[C@@H]7C[C@@H](O)CN7C(=O)[C@H]([C@@H](C)O)NC6=O)cc5)nc4s3)cc2)CC1. The largest absolute Gasteiger partial charge is 0.504 e. The number of aliphatic hydroxyl groups is 8. The number of β-amino-alcohol motifs (C(OH)–C–C–N with tert-alkyl or cyclic N) is 1. The topological polar surface area (TPSA) is 502 Å². The quantitative estimate of drug-likeness (QED) is 0.0298. The lowest BCUT2D eigenvalue weighted by atomic mass is 9.98. The lowest BCUT2D eigenvalue weighted by Gasteiger charge is -2.34. The molecule has 36 heteroatoms. The number of hydrogen-bond acceptors (Lipinski definition) is 27. The fraction of sp³-hybridized carbons (Fsp3) is 0.554. The van der Waals surface area contributed by atoms with Crippen molar-refractivity contribution in [1.29, 1.82) is 0 Å². The Bertz CT molecular complexity index is 3620. The number of aromatic nitrogens is 3. The highest BCUT2D eigenvalue weighted by atomic mass is 32.3. The van der Waals surface area contributed by atoms with Crippen LogP contribution in [0.15, 0.2) is 72.9 Å². The number of amides is 7. The Kier molecular flexibility index (Phi) is 26.8. The predicted octanol–water partition coefficient (Wildman–Crippen LogP) is -1.96. The van der Waals surface area contributed by atoms with E-state index in [0.29, 0.717) is 16.2 Å². The van der Waals surface area contributed by atoms with Crippen molar-refractivity contribution in [2.75, 3.05) is 77.7 Å². The third-order valence-corrected chi connectivity index (χ3v) is 19.6. The van der Waals surface area contributed by atoms with Crippen LogP contribution in [0.1, 0.15) is 74.7 Å². The molecule has 3 aromatic carbocycles. The highest BCUT2D eigenvalue weighted by molar-refractivity contribution is 8.15. The number of phenols is 1. The number of nitrogens with one attached hydrogen (secondary N) is 6. The number of carbonyl (C=O) groups excluding carboxylic acids is 7. The maximum atomic E-state index is 15.0. The molecule has 4 fully saturated rings. The van der Waals surface area contributed by atoms with Gasteiger partial charge in [-0.2, -0.15) is 5.10 Å². The average Bonchev–Trinajstić information content (AvgIpc) is 1.68. The summed E-state index contributed by atoms with van der Waals surface area (Å²) in [6, 6.07) is 4.76. The van der Waals surface area contributed by atoms with Crippen molar-refractivity contribution in [2.45, 2.75) is 150 Å². The highest BCUT2D eigenvalue weighted by Gasteiger charge is 2.50. The summed E-state index contributed by atoms with van der Waals surface area (Å²) in [5.41, 5.74) is 3.05. The van der Waals surface area contributed by atoms with Crippen LogP contribution in [0.4, 0.5) is 5.69 Å². The molecule has 18 N–H and O–H groups in total. The molecule has 13 atom stereocenters. The van der Waals surface area contributed by atoms with Crippen LogP contribution in [0, 0.1) is 5.92 Å². The Labute approximate surface area is 586 Å². The Hall–Kier alpha value is -7.76. The average molecular weight is 1460 g/mol. The van der Waals surface area contributed by atoms with E-state index in [0.717, 1.165) is 97.1 Å². The Morgan fingerprint density at radius 2 is 1.44 bits per heavy atom. The van der Waals surface area contributed by atoms with Crippen molar-refractivity contribution in [3.8, 4) is 33.3 Å². The molecule has 554 valence electrons. The van der Waals surface area contributed by atoms with Gasteiger partial charge in [-0.1, -0.05) is 36.5 Å². The number of phenolic OH excluding ortho intramolecular Hbond substituents is 1. The molecule has 5 aromatic rings. The fourth-order valence-electron chi connectivity index (χ4n) is 12.6. The highest BCUT2D eigenvalue weighted by Crippen LogP contribution is 2.41. The number of piperidine rings is 1. The molecule has 101 heavy (non-hydrogen) atoms. The summed E-state index contributed by atoms with van der Waals surface area (Å²) in [4.78, 5) is 112. The van der Waals surface area contributed by atoms with Gasteiger partial charge in [-0.3, -0.25) is 47.2 Å². The van der Waals surface area contributed by atoms with E-state index in [1.54, 1.807) is 30.0 Å². The first kappa shape index (κ1) is 77.4. The third-order valence-electron chi connectivity index (χ3n) is 18.2. The zero-order valence-corrected chi connectivity index (χ0v) is 57.4. The minimum Gasteiger partial charge on any atom is -0.504 e. The first-order valence-corrected chi connectivity index (χ1v) is 35.5. The van der Waals surface area contributed by atoms with Gasteiger partial charge in [0.1, 0.15) is 41.3 Å². The number of unbranched alkanes of at least 4 members (excludes halogenated alkanes) is 1. The molecule has 0 spiro atoms. The summed E-state index contributed by atoms with van der Waals surface area (Å²) in [6.07, 6.45) is -7.32. The first-order valence-electron chi connectivity index (χ1n) is 33.2. The van der Waals surface area contributed by atoms with Crippen molar-refractivity contribution >= 4 is 74.5 Å². The number of hydrogen-bond donors (Lipinski definition) is 18. The lowest BCUT2D eigenvalue weighted by molar-refractivity contribution is -0.147. The van der Waals surface area contributed by atoms with Gasteiger partial charge < -0.3 is 106 Å². The molecule has 2 aromatic heterocycles. The number of anilines is 1. The minimum atomic E-state index is -4.75. The lowest BCUT2D eigenvalue weighted by Crippen LogP contribution is -2.64. The number of carbonyl (C=O) groups is 7. The summed E-state index contributed by atoms with van der Waals surface area (Å²) in [6.45, 7) is 2.72. The van der Waals surface area contributed by atoms with Crippen molar-refractivity contribution in [3.05, 3.63) is 84.1 Å². The molecule has 0 aliphatic carbocycles. The van der Waals surface area contributed by atoms with Gasteiger partial charge >= 0.3 is 0 Å². The number of aromatic hydroxyl groups is 1. The van der Waals surface area contributed by atoms with Crippen LogP contribution < -0.4 is 41.0 Å². The van der Waals surface area contributed by atoms with E-state index in [1.807, 2.05) is 12.1 Å².